The molecule has 0 N–H and O–H groups in total. The van der Waals surface area contributed by atoms with Gasteiger partial charge in [0.15, 0.2) is 0 Å². The molecule has 10 rings (SSSR count). The van der Waals surface area contributed by atoms with Crippen LogP contribution in [0.25, 0.3) is 50.5 Å². The first-order chi connectivity index (χ1) is 24.8. The van der Waals surface area contributed by atoms with Gasteiger partial charge >= 0.3 is 0 Å². The molecule has 0 amide bonds. The molecule has 2 aromatic heterocycles. The number of hydrogen-bond acceptors (Lipinski definition) is 2. The highest BCUT2D eigenvalue weighted by molar-refractivity contribution is 6.01. The molecule has 4 aliphatic rings. The minimum Gasteiger partial charge on any atom is -0.309 e. The van der Waals surface area contributed by atoms with Crippen molar-refractivity contribution in [2.45, 2.75) is 38.0 Å². The molecule has 3 aliphatic carbocycles. The molecule has 0 saturated carbocycles. The van der Waals surface area contributed by atoms with Crippen molar-refractivity contribution < 1.29 is 0 Å². The molecule has 6 aromatic rings. The van der Waals surface area contributed by atoms with E-state index in [2.05, 4.69) is 149 Å². The van der Waals surface area contributed by atoms with Gasteiger partial charge in [0.25, 0.3) is 0 Å². The highest BCUT2D eigenvalue weighted by Gasteiger charge is 2.35. The highest BCUT2D eigenvalue weighted by Crippen LogP contribution is 2.52. The molecule has 3 heteroatoms. The first-order valence-electron chi connectivity index (χ1n) is 17.8. The van der Waals surface area contributed by atoms with Crippen LogP contribution in [0.3, 0.4) is 0 Å². The van der Waals surface area contributed by atoms with Crippen molar-refractivity contribution in [2.75, 3.05) is 4.90 Å². The largest absolute Gasteiger partial charge is 0.309 e. The second-order valence-electron chi connectivity index (χ2n) is 13.6. The summed E-state index contributed by atoms with van der Waals surface area (Å²) in [6.45, 7) is 0. The van der Waals surface area contributed by atoms with Gasteiger partial charge in [0, 0.05) is 51.3 Å². The Morgan fingerprint density at radius 2 is 1.66 bits per heavy atom. The van der Waals surface area contributed by atoms with Crippen LogP contribution in [0.15, 0.2) is 146 Å². The third-order valence-corrected chi connectivity index (χ3v) is 10.7. The molecule has 4 aromatic carbocycles. The van der Waals surface area contributed by atoms with Crippen molar-refractivity contribution in [3.8, 4) is 28.1 Å². The number of nitrogens with zero attached hydrogens (tertiary/aromatic N) is 3. The molecule has 238 valence electrons. The molecule has 0 saturated heterocycles. The van der Waals surface area contributed by atoms with E-state index < -0.39 is 0 Å². The quantitative estimate of drug-likeness (QED) is 0.191. The third kappa shape index (κ3) is 4.56. The molecular formula is C47H35N3. The SMILES string of the molecule is c1ccc2cccc(-c3cncc(N4C5=C(CCC=C5)c5c6c(n(-c7cccc(C8C=CC=CC8)c7)c5-c5ccccc54)C=CCC6)c3)c2c#1. The van der Waals surface area contributed by atoms with Gasteiger partial charge in [-0.1, -0.05) is 97.1 Å². The standard InChI is InChI=1S/C47H35N3/c1-2-14-32(15-3-1)34-18-12-19-36(28-34)50-44-26-10-7-22-41(44)46-40-21-6-9-25-43(40)49(45-27-11-8-23-42(45)47(46)50)37-29-35(30-48-31-37)39-24-13-17-33-16-4-5-20-38(33)39/h1-4,8-14,16-19,23-32H,6-7,15,21-22H2. The van der Waals surface area contributed by atoms with Crippen LogP contribution in [0.5, 0.6) is 0 Å². The number of benzene rings is 3. The van der Waals surface area contributed by atoms with Crippen molar-refractivity contribution in [1.29, 1.82) is 0 Å². The van der Waals surface area contributed by atoms with Gasteiger partial charge in [0.1, 0.15) is 0 Å². The number of allylic oxidation sites excluding steroid dienone is 8. The maximum Gasteiger partial charge on any atom is 0.0651 e. The summed E-state index contributed by atoms with van der Waals surface area (Å²) in [5.74, 6) is 0.387. The zero-order chi connectivity index (χ0) is 33.0. The molecule has 3 heterocycles. The lowest BCUT2D eigenvalue weighted by Gasteiger charge is -2.30. The van der Waals surface area contributed by atoms with Crippen LogP contribution in [0, 0.1) is 12.1 Å². The summed E-state index contributed by atoms with van der Waals surface area (Å²) in [5.41, 5.74) is 16.3. The zero-order valence-electron chi connectivity index (χ0n) is 27.8. The minimum atomic E-state index is 0.387. The molecule has 1 unspecified atom stereocenters. The molecule has 1 aliphatic heterocycles. The molecule has 50 heavy (non-hydrogen) atoms. The fraction of sp³-hybridized carbons (Fsp3) is 0.128. The number of aromatic nitrogens is 2. The highest BCUT2D eigenvalue weighted by atomic mass is 15.2. The van der Waals surface area contributed by atoms with Gasteiger partial charge in [0.2, 0.25) is 0 Å². The summed E-state index contributed by atoms with van der Waals surface area (Å²) in [6.07, 6.45) is 27.5. The summed E-state index contributed by atoms with van der Waals surface area (Å²) in [7, 11) is 0. The van der Waals surface area contributed by atoms with Gasteiger partial charge in [0.05, 0.1) is 23.3 Å². The van der Waals surface area contributed by atoms with Gasteiger partial charge < -0.3 is 9.47 Å². The number of pyridine rings is 1. The van der Waals surface area contributed by atoms with Gasteiger partial charge in [-0.2, -0.15) is 0 Å². The normalized spacial score (nSPS) is 17.2. The molecular weight excluding hydrogens is 607 g/mol. The van der Waals surface area contributed by atoms with E-state index in [1.807, 2.05) is 18.5 Å². The van der Waals surface area contributed by atoms with Crippen LogP contribution in [0.2, 0.25) is 0 Å². The lowest BCUT2D eigenvalue weighted by molar-refractivity contribution is 0.850. The van der Waals surface area contributed by atoms with Crippen molar-refractivity contribution in [2.24, 2.45) is 0 Å². The number of fused-ring (bicyclic) bond motifs is 7. The number of anilines is 2. The Hall–Kier alpha value is -6.11. The smallest absolute Gasteiger partial charge is 0.0651 e. The second kappa shape index (κ2) is 11.8. The van der Waals surface area contributed by atoms with E-state index in [0.717, 1.165) is 59.7 Å². The maximum absolute atomic E-state index is 4.87. The van der Waals surface area contributed by atoms with Crippen LogP contribution in [0.1, 0.15) is 54.0 Å². The Balaban J connectivity index is 1.22. The zero-order valence-corrected chi connectivity index (χ0v) is 27.8. The maximum atomic E-state index is 4.87. The molecule has 0 spiro atoms. The Bertz CT molecular complexity index is 2480. The fourth-order valence-corrected chi connectivity index (χ4v) is 8.48. The number of hydrogen-bond donors (Lipinski definition) is 0. The molecule has 1 atom stereocenters. The predicted octanol–water partition coefficient (Wildman–Crippen LogP) is 11.7. The number of para-hydroxylation sites is 1. The molecule has 0 bridgehead atoms. The lowest BCUT2D eigenvalue weighted by Crippen LogP contribution is -2.18. The van der Waals surface area contributed by atoms with Gasteiger partial charge in [-0.15, -0.1) is 0 Å². The summed E-state index contributed by atoms with van der Waals surface area (Å²) >= 11 is 0. The average molecular weight is 642 g/mol. The first-order valence-corrected chi connectivity index (χ1v) is 17.8. The Labute approximate surface area is 293 Å². The van der Waals surface area contributed by atoms with E-state index in [9.17, 15) is 0 Å². The molecule has 0 fully saturated rings. The Morgan fingerprint density at radius 1 is 0.760 bits per heavy atom. The second-order valence-corrected chi connectivity index (χ2v) is 13.6. The van der Waals surface area contributed by atoms with Gasteiger partial charge in [-0.3, -0.25) is 4.98 Å². The van der Waals surface area contributed by atoms with Gasteiger partial charge in [-0.25, -0.2) is 0 Å². The van der Waals surface area contributed by atoms with Crippen LogP contribution >= 0.6 is 0 Å². The average Bonchev–Trinajstić information content (AvgIpc) is 3.47. The minimum absolute atomic E-state index is 0.387. The van der Waals surface area contributed by atoms with E-state index in [0.29, 0.717) is 5.92 Å². The van der Waals surface area contributed by atoms with Crippen molar-refractivity contribution in [3.05, 3.63) is 180 Å². The van der Waals surface area contributed by atoms with E-state index in [-0.39, 0.29) is 0 Å². The molecule has 3 nitrogen and oxygen atoms in total. The van der Waals surface area contributed by atoms with Crippen molar-refractivity contribution >= 4 is 33.8 Å². The van der Waals surface area contributed by atoms with E-state index in [1.54, 1.807) is 0 Å². The van der Waals surface area contributed by atoms with Crippen LogP contribution in [-0.2, 0) is 6.42 Å². The lowest BCUT2D eigenvalue weighted by atomic mass is 9.88. The van der Waals surface area contributed by atoms with E-state index >= 15 is 0 Å². The summed E-state index contributed by atoms with van der Waals surface area (Å²) in [4.78, 5) is 7.33. The monoisotopic (exact) mass is 641 g/mol. The summed E-state index contributed by atoms with van der Waals surface area (Å²) in [5, 5.41) is 2.21. The van der Waals surface area contributed by atoms with Crippen LogP contribution in [-0.4, -0.2) is 9.55 Å². The topological polar surface area (TPSA) is 21.1 Å². The molecule has 0 radical (unpaired) electrons. The van der Waals surface area contributed by atoms with E-state index in [1.165, 1.54) is 56.3 Å². The van der Waals surface area contributed by atoms with Crippen molar-refractivity contribution in [1.82, 2.24) is 9.55 Å². The summed E-state index contributed by atoms with van der Waals surface area (Å²) < 4.78 is 2.56. The summed E-state index contributed by atoms with van der Waals surface area (Å²) in [6, 6.07) is 37.5. The first kappa shape index (κ1) is 28.9. The Kier molecular flexibility index (Phi) is 6.81. The van der Waals surface area contributed by atoms with Gasteiger partial charge in [-0.05, 0) is 108 Å². The van der Waals surface area contributed by atoms with Crippen LogP contribution < -0.4 is 4.90 Å². The third-order valence-electron chi connectivity index (χ3n) is 10.7. The Morgan fingerprint density at radius 3 is 2.62 bits per heavy atom. The number of rotatable bonds is 4. The fourth-order valence-electron chi connectivity index (χ4n) is 8.48. The van der Waals surface area contributed by atoms with Crippen molar-refractivity contribution in [3.63, 3.8) is 0 Å². The van der Waals surface area contributed by atoms with Crippen LogP contribution in [0.4, 0.5) is 11.4 Å². The van der Waals surface area contributed by atoms with E-state index in [4.69, 9.17) is 4.98 Å². The predicted molar refractivity (Wildman–Crippen MR) is 206 cm³/mol.